The number of benzene rings is 1. The van der Waals surface area contributed by atoms with Crippen LogP contribution >= 0.6 is 11.6 Å². The predicted octanol–water partition coefficient (Wildman–Crippen LogP) is 1.52. The van der Waals surface area contributed by atoms with Gasteiger partial charge in [0.15, 0.2) is 0 Å². The van der Waals surface area contributed by atoms with Gasteiger partial charge in [-0.25, -0.2) is 0 Å². The molecule has 0 spiro atoms. The molecule has 0 aromatic heterocycles. The Hall–Kier alpha value is -0.810. The van der Waals surface area contributed by atoms with Crippen molar-refractivity contribution in [1.82, 2.24) is 9.80 Å². The second-order valence-electron chi connectivity index (χ2n) is 5.94. The topological polar surface area (TPSA) is 35.7 Å². The van der Waals surface area contributed by atoms with Crippen LogP contribution in [0.15, 0.2) is 18.2 Å². The van der Waals surface area contributed by atoms with E-state index in [0.717, 1.165) is 50.7 Å². The predicted molar refractivity (Wildman–Crippen MR) is 91.4 cm³/mol. The number of hydrogen-bond donors (Lipinski definition) is 1. The van der Waals surface area contributed by atoms with Crippen LogP contribution in [0.3, 0.4) is 0 Å². The minimum absolute atomic E-state index is 0.678. The summed E-state index contributed by atoms with van der Waals surface area (Å²) in [6.45, 7) is 7.29. The summed E-state index contributed by atoms with van der Waals surface area (Å²) in [7, 11) is 4.25. The molecule has 0 radical (unpaired) electrons. The third-order valence-electron chi connectivity index (χ3n) is 4.04. The van der Waals surface area contributed by atoms with Crippen LogP contribution in [0.25, 0.3) is 0 Å². The molecule has 0 aliphatic carbocycles. The summed E-state index contributed by atoms with van der Waals surface area (Å²) < 4.78 is 0. The van der Waals surface area contributed by atoms with Crippen molar-refractivity contribution < 1.29 is 0 Å². The first-order valence-corrected chi connectivity index (χ1v) is 8.08. The van der Waals surface area contributed by atoms with Gasteiger partial charge >= 0.3 is 0 Å². The Kier molecular flexibility index (Phi) is 6.30. The molecule has 21 heavy (non-hydrogen) atoms. The zero-order valence-electron chi connectivity index (χ0n) is 13.2. The Labute approximate surface area is 133 Å². The third kappa shape index (κ3) is 4.85. The van der Waals surface area contributed by atoms with Crippen molar-refractivity contribution in [2.75, 3.05) is 64.8 Å². The normalized spacial score (nSPS) is 16.7. The van der Waals surface area contributed by atoms with Crippen LogP contribution in [0.2, 0.25) is 5.02 Å². The molecule has 1 saturated heterocycles. The maximum atomic E-state index is 6.18. The van der Waals surface area contributed by atoms with Crippen molar-refractivity contribution in [3.8, 4) is 0 Å². The van der Waals surface area contributed by atoms with E-state index >= 15 is 0 Å². The second kappa shape index (κ2) is 7.99. The molecule has 0 saturated carbocycles. The van der Waals surface area contributed by atoms with Gasteiger partial charge in [0.25, 0.3) is 0 Å². The van der Waals surface area contributed by atoms with Gasteiger partial charge in [-0.15, -0.1) is 0 Å². The monoisotopic (exact) mass is 310 g/mol. The van der Waals surface area contributed by atoms with Crippen molar-refractivity contribution in [1.29, 1.82) is 0 Å². The summed E-state index contributed by atoms with van der Waals surface area (Å²) in [5.41, 5.74) is 8.30. The van der Waals surface area contributed by atoms with E-state index in [1.807, 2.05) is 6.07 Å². The summed E-state index contributed by atoms with van der Waals surface area (Å²) in [5, 5.41) is 0.806. The Morgan fingerprint density at radius 1 is 1.19 bits per heavy atom. The van der Waals surface area contributed by atoms with Crippen LogP contribution in [0.1, 0.15) is 5.56 Å². The lowest BCUT2D eigenvalue weighted by Gasteiger charge is -2.37. The third-order valence-corrected chi connectivity index (χ3v) is 4.27. The van der Waals surface area contributed by atoms with E-state index in [2.05, 4.69) is 40.9 Å². The Bertz CT molecular complexity index is 442. The molecule has 0 bridgehead atoms. The summed E-state index contributed by atoms with van der Waals surface area (Å²) >= 11 is 6.18. The van der Waals surface area contributed by atoms with Gasteiger partial charge in [0.2, 0.25) is 0 Å². The molecule has 0 amide bonds. The number of likely N-dealkylation sites (N-methyl/N-ethyl adjacent to an activating group) is 1. The highest BCUT2D eigenvalue weighted by molar-refractivity contribution is 6.30. The van der Waals surface area contributed by atoms with Crippen molar-refractivity contribution in [3.05, 3.63) is 28.8 Å². The Balaban J connectivity index is 1.96. The molecule has 1 aromatic carbocycles. The van der Waals surface area contributed by atoms with Gasteiger partial charge in [-0.1, -0.05) is 17.7 Å². The molecule has 1 heterocycles. The number of anilines is 1. The van der Waals surface area contributed by atoms with Gasteiger partial charge in [-0.05, 0) is 44.8 Å². The molecule has 1 aliphatic heterocycles. The van der Waals surface area contributed by atoms with Gasteiger partial charge < -0.3 is 15.5 Å². The summed E-state index contributed by atoms with van der Waals surface area (Å²) in [6, 6.07) is 6.16. The highest BCUT2D eigenvalue weighted by atomic mass is 35.5. The first-order chi connectivity index (χ1) is 10.1. The molecule has 2 rings (SSSR count). The van der Waals surface area contributed by atoms with E-state index in [1.54, 1.807) is 0 Å². The van der Waals surface area contributed by atoms with Gasteiger partial charge in [-0.2, -0.15) is 0 Å². The molecule has 1 fully saturated rings. The lowest BCUT2D eigenvalue weighted by Crippen LogP contribution is -2.48. The molecular formula is C16H27ClN4. The van der Waals surface area contributed by atoms with E-state index in [-0.39, 0.29) is 0 Å². The number of piperazine rings is 1. The van der Waals surface area contributed by atoms with Gasteiger partial charge in [0, 0.05) is 50.0 Å². The minimum atomic E-state index is 0.678. The fourth-order valence-corrected chi connectivity index (χ4v) is 2.92. The Morgan fingerprint density at radius 2 is 1.90 bits per heavy atom. The fourth-order valence-electron chi connectivity index (χ4n) is 2.75. The largest absolute Gasteiger partial charge is 0.369 e. The van der Waals surface area contributed by atoms with Crippen molar-refractivity contribution in [2.45, 2.75) is 6.42 Å². The molecule has 5 heteroatoms. The van der Waals surface area contributed by atoms with Crippen molar-refractivity contribution >= 4 is 17.3 Å². The summed E-state index contributed by atoms with van der Waals surface area (Å²) in [5.74, 6) is 0. The smallest absolute Gasteiger partial charge is 0.0426 e. The zero-order chi connectivity index (χ0) is 15.2. The lowest BCUT2D eigenvalue weighted by molar-refractivity contribution is 0.229. The lowest BCUT2D eigenvalue weighted by atomic mass is 10.1. The average Bonchev–Trinajstić information content (AvgIpc) is 2.48. The number of nitrogens with two attached hydrogens (primary N) is 1. The highest BCUT2D eigenvalue weighted by Crippen LogP contribution is 2.26. The summed E-state index contributed by atoms with van der Waals surface area (Å²) in [4.78, 5) is 7.22. The van der Waals surface area contributed by atoms with E-state index < -0.39 is 0 Å². The molecule has 2 N–H and O–H groups in total. The Morgan fingerprint density at radius 3 is 2.52 bits per heavy atom. The van der Waals surface area contributed by atoms with Crippen LogP contribution in [-0.2, 0) is 6.42 Å². The molecule has 0 unspecified atom stereocenters. The molecule has 0 atom stereocenters. The van der Waals surface area contributed by atoms with Crippen LogP contribution in [0.4, 0.5) is 5.69 Å². The van der Waals surface area contributed by atoms with Crippen molar-refractivity contribution in [3.63, 3.8) is 0 Å². The fraction of sp³-hybridized carbons (Fsp3) is 0.625. The van der Waals surface area contributed by atoms with E-state index in [1.165, 1.54) is 11.3 Å². The molecular weight excluding hydrogens is 284 g/mol. The van der Waals surface area contributed by atoms with Gasteiger partial charge in [-0.3, -0.25) is 4.90 Å². The molecule has 4 nitrogen and oxygen atoms in total. The molecule has 1 aromatic rings. The van der Waals surface area contributed by atoms with E-state index in [0.29, 0.717) is 6.54 Å². The number of hydrogen-bond acceptors (Lipinski definition) is 4. The van der Waals surface area contributed by atoms with Crippen LogP contribution in [-0.4, -0.2) is 69.7 Å². The zero-order valence-corrected chi connectivity index (χ0v) is 13.9. The first-order valence-electron chi connectivity index (χ1n) is 7.70. The summed E-state index contributed by atoms with van der Waals surface area (Å²) in [6.07, 6.45) is 0.910. The quantitative estimate of drug-likeness (QED) is 0.864. The van der Waals surface area contributed by atoms with E-state index in [4.69, 9.17) is 17.3 Å². The number of halogens is 1. The van der Waals surface area contributed by atoms with Gasteiger partial charge in [0.1, 0.15) is 0 Å². The standard InChI is InChI=1S/C16H27ClN4/c1-19(2)7-8-20-9-11-21(12-10-20)16-13-15(17)4-3-14(16)5-6-18/h3-4,13H,5-12,18H2,1-2H3. The second-order valence-corrected chi connectivity index (χ2v) is 6.38. The maximum Gasteiger partial charge on any atom is 0.0426 e. The highest BCUT2D eigenvalue weighted by Gasteiger charge is 2.19. The SMILES string of the molecule is CN(C)CCN1CCN(c2cc(Cl)ccc2CCN)CC1. The van der Waals surface area contributed by atoms with E-state index in [9.17, 15) is 0 Å². The van der Waals surface area contributed by atoms with Crippen molar-refractivity contribution in [2.24, 2.45) is 5.73 Å². The minimum Gasteiger partial charge on any atom is -0.369 e. The van der Waals surface area contributed by atoms with Gasteiger partial charge in [0.05, 0.1) is 0 Å². The molecule has 1 aliphatic rings. The molecule has 118 valence electrons. The maximum absolute atomic E-state index is 6.18. The first kappa shape index (κ1) is 16.6. The van der Waals surface area contributed by atoms with Crippen LogP contribution < -0.4 is 10.6 Å². The number of rotatable bonds is 6. The number of nitrogens with zero attached hydrogens (tertiary/aromatic N) is 3. The van der Waals surface area contributed by atoms with Crippen LogP contribution in [0.5, 0.6) is 0 Å². The van der Waals surface area contributed by atoms with Crippen LogP contribution in [0, 0.1) is 0 Å². The average molecular weight is 311 g/mol.